The zero-order valence-corrected chi connectivity index (χ0v) is 21.1. The zero-order chi connectivity index (χ0) is 4.50. The van der Waals surface area contributed by atoms with Gasteiger partial charge in [0.2, 0.25) is 0 Å². The van der Waals surface area contributed by atoms with Gasteiger partial charge in [-0.2, -0.15) is 0 Å². The van der Waals surface area contributed by atoms with Crippen LogP contribution in [0.3, 0.4) is 0 Å². The second kappa shape index (κ2) is 25.1. The van der Waals surface area contributed by atoms with Crippen molar-refractivity contribution in [3.05, 3.63) is 0 Å². The van der Waals surface area contributed by atoms with Gasteiger partial charge in [0, 0.05) is 0 Å². The number of rotatable bonds is 0. The molecule has 0 unspecified atom stereocenters. The molecule has 11 heavy (non-hydrogen) atoms. The van der Waals surface area contributed by atoms with Gasteiger partial charge in [0.25, 0.3) is 0 Å². The molecule has 3 N–H and O–H groups in total. The Labute approximate surface area is 208 Å². The van der Waals surface area contributed by atoms with Gasteiger partial charge in [-0.25, -0.2) is 4.57 Å². The molecule has 0 aromatic carbocycles. The van der Waals surface area contributed by atoms with Crippen LogP contribution in [0.25, 0.3) is 0 Å². The van der Waals surface area contributed by atoms with Crippen LogP contribution in [-0.4, -0.2) is 14.7 Å². The molecule has 0 aromatic rings. The van der Waals surface area contributed by atoms with Crippen LogP contribution in [0.2, 0.25) is 0 Å². The molecule has 0 aliphatic carbocycles. The van der Waals surface area contributed by atoms with Crippen LogP contribution in [0, 0.1) is 0 Å². The monoisotopic (exact) mass is 242 g/mol. The fourth-order valence-corrected chi connectivity index (χ4v) is 0. The first kappa shape index (κ1) is 43.4. The molecule has 0 saturated heterocycles. The Bertz CT molecular complexity index is 76.6. The van der Waals surface area contributed by atoms with E-state index in [1.165, 1.54) is 0 Å². The second-order valence-electron chi connectivity index (χ2n) is 0.513. The van der Waals surface area contributed by atoms with E-state index in [9.17, 15) is 0 Å². The van der Waals surface area contributed by atoms with Crippen molar-refractivity contribution >= 4 is 7.82 Å². The minimum Gasteiger partial charge on any atom is -1.00 e. The standard InChI is InChI=1S/6Na.H3O4P.6H/c;;;;;;1-5(2,3)4;;;;;;/h;;;;;;(H3,1,2,3,4);;;;;;/q6*+1;;6*-1. The molecule has 0 saturated carbocycles. The Morgan fingerprint density at radius 1 is 0.727 bits per heavy atom. The molecule has 0 fully saturated rings. The topological polar surface area (TPSA) is 77.8 Å². The summed E-state index contributed by atoms with van der Waals surface area (Å²) < 4.78 is 8.88. The van der Waals surface area contributed by atoms with Crippen molar-refractivity contribution in [2.24, 2.45) is 0 Å². The van der Waals surface area contributed by atoms with E-state index in [-0.39, 0.29) is 186 Å². The minimum absolute atomic E-state index is 0. The molecule has 0 atom stereocenters. The van der Waals surface area contributed by atoms with Crippen molar-refractivity contribution < 1.29 is 205 Å². The molecule has 0 aliphatic rings. The first-order chi connectivity index (χ1) is 2.00. The molecular formula is H9Na6O4P. The predicted molar refractivity (Wildman–Crippen MR) is 20.9 cm³/mol. The van der Waals surface area contributed by atoms with Gasteiger partial charge in [0.15, 0.2) is 0 Å². The summed E-state index contributed by atoms with van der Waals surface area (Å²) in [6.07, 6.45) is 0. The van der Waals surface area contributed by atoms with Gasteiger partial charge in [0.1, 0.15) is 0 Å². The van der Waals surface area contributed by atoms with Crippen LogP contribution in [0.15, 0.2) is 0 Å². The van der Waals surface area contributed by atoms with Crippen LogP contribution >= 0.6 is 7.82 Å². The van der Waals surface area contributed by atoms with Crippen LogP contribution in [-0.2, 0) is 4.57 Å². The van der Waals surface area contributed by atoms with Crippen molar-refractivity contribution in [3.63, 3.8) is 0 Å². The molecule has 0 bridgehead atoms. The van der Waals surface area contributed by atoms with Gasteiger partial charge in [0.05, 0.1) is 0 Å². The molecule has 11 heteroatoms. The normalized spacial score (nSPS) is 5.36. The fraction of sp³-hybridized carbons (Fsp3) is 0. The third-order valence-electron chi connectivity index (χ3n) is 0. The number of hydrogen-bond acceptors (Lipinski definition) is 1. The average Bonchev–Trinajstić information content (AvgIpc) is 0.722. The van der Waals surface area contributed by atoms with E-state index in [2.05, 4.69) is 0 Å². The maximum Gasteiger partial charge on any atom is 1.00 e. The van der Waals surface area contributed by atoms with Crippen LogP contribution in [0.4, 0.5) is 0 Å². The van der Waals surface area contributed by atoms with E-state index in [0.29, 0.717) is 0 Å². The molecule has 4 nitrogen and oxygen atoms in total. The van der Waals surface area contributed by atoms with E-state index in [1.54, 1.807) is 0 Å². The summed E-state index contributed by atoms with van der Waals surface area (Å²) in [6, 6.07) is 0. The quantitative estimate of drug-likeness (QED) is 0.291. The summed E-state index contributed by atoms with van der Waals surface area (Å²) in [5.41, 5.74) is 0. The van der Waals surface area contributed by atoms with Gasteiger partial charge in [-0.05, 0) is 0 Å². The summed E-state index contributed by atoms with van der Waals surface area (Å²) >= 11 is 0. The molecule has 0 amide bonds. The first-order valence-corrected chi connectivity index (χ1v) is 2.35. The molecule has 44 valence electrons. The van der Waals surface area contributed by atoms with Crippen LogP contribution in [0.5, 0.6) is 0 Å². The van der Waals surface area contributed by atoms with Crippen molar-refractivity contribution in [3.8, 4) is 0 Å². The van der Waals surface area contributed by atoms with E-state index >= 15 is 0 Å². The van der Waals surface area contributed by atoms with E-state index in [0.717, 1.165) is 0 Å². The van der Waals surface area contributed by atoms with Crippen LogP contribution < -0.4 is 177 Å². The Balaban J connectivity index is -0.00000000121. The molecule has 0 spiro atoms. The van der Waals surface area contributed by atoms with Gasteiger partial charge in [-0.1, -0.05) is 0 Å². The summed E-state index contributed by atoms with van der Waals surface area (Å²) in [7, 11) is -4.64. The summed E-state index contributed by atoms with van der Waals surface area (Å²) in [5, 5.41) is 0. The molecule has 0 aromatic heterocycles. The third-order valence-corrected chi connectivity index (χ3v) is 0. The molecule has 0 heterocycles. The largest absolute Gasteiger partial charge is 1.00 e. The SMILES string of the molecule is O=P(O)(O)O.[H-].[H-].[H-].[H-].[H-].[H-].[Na+].[Na+].[Na+].[Na+].[Na+].[Na+]. The third kappa shape index (κ3) is 85.9. The summed E-state index contributed by atoms with van der Waals surface area (Å²) in [4.78, 5) is 21.6. The van der Waals surface area contributed by atoms with Crippen molar-refractivity contribution in [2.75, 3.05) is 0 Å². The van der Waals surface area contributed by atoms with E-state index < -0.39 is 7.82 Å². The Morgan fingerprint density at radius 2 is 0.727 bits per heavy atom. The number of hydrogen-bond donors (Lipinski definition) is 3. The second-order valence-corrected chi connectivity index (χ2v) is 1.54. The Kier molecular flexibility index (Phi) is 99.1. The van der Waals surface area contributed by atoms with Gasteiger partial charge in [-0.3, -0.25) is 0 Å². The average molecular weight is 242 g/mol. The van der Waals surface area contributed by atoms with Crippen molar-refractivity contribution in [2.45, 2.75) is 0 Å². The smallest absolute Gasteiger partial charge is 1.00 e. The Hall–Kier alpha value is 6.11. The fourth-order valence-electron chi connectivity index (χ4n) is 0. The Morgan fingerprint density at radius 3 is 0.727 bits per heavy atom. The maximum atomic E-state index is 8.88. The van der Waals surface area contributed by atoms with Crippen molar-refractivity contribution in [1.82, 2.24) is 0 Å². The minimum atomic E-state index is -4.64. The first-order valence-electron chi connectivity index (χ1n) is 0.783. The van der Waals surface area contributed by atoms with Crippen molar-refractivity contribution in [1.29, 1.82) is 0 Å². The van der Waals surface area contributed by atoms with Gasteiger partial charge < -0.3 is 23.2 Å². The summed E-state index contributed by atoms with van der Waals surface area (Å²) in [6.45, 7) is 0. The van der Waals surface area contributed by atoms with E-state index in [4.69, 9.17) is 19.2 Å². The molecular weight excluding hydrogens is 233 g/mol. The van der Waals surface area contributed by atoms with Gasteiger partial charge in [-0.15, -0.1) is 0 Å². The molecule has 0 aliphatic heterocycles. The van der Waals surface area contributed by atoms with Gasteiger partial charge >= 0.3 is 185 Å². The zero-order valence-electron chi connectivity index (χ0n) is 14.2. The molecule has 0 rings (SSSR count). The van der Waals surface area contributed by atoms with Crippen LogP contribution in [0.1, 0.15) is 8.56 Å². The van der Waals surface area contributed by atoms with E-state index in [1.807, 2.05) is 0 Å². The number of phosphoric acid groups is 1. The summed E-state index contributed by atoms with van der Waals surface area (Å²) in [5.74, 6) is 0. The molecule has 0 radical (unpaired) electrons. The predicted octanol–water partition coefficient (Wildman–Crippen LogP) is -18.2. The maximum absolute atomic E-state index is 8.88.